The molecule has 112 valence electrons. The van der Waals surface area contributed by atoms with Crippen LogP contribution in [0.4, 0.5) is 4.39 Å². The standard InChI is InChI=1S/C15H22ClFN2O/c1-11(12-7-8-14(17)13(16)10-12)19-15(20)6-4-2-3-5-9-18/h7-8,10-11H,2-6,9,18H2,1H3,(H,19,20). The molecule has 1 unspecified atom stereocenters. The van der Waals surface area contributed by atoms with Crippen LogP contribution >= 0.6 is 11.6 Å². The van der Waals surface area contributed by atoms with Crippen molar-refractivity contribution in [2.24, 2.45) is 5.73 Å². The summed E-state index contributed by atoms with van der Waals surface area (Å²) in [7, 11) is 0. The Balaban J connectivity index is 2.35. The van der Waals surface area contributed by atoms with Gasteiger partial charge in [0.05, 0.1) is 11.1 Å². The summed E-state index contributed by atoms with van der Waals surface area (Å²) in [5.74, 6) is -0.445. The number of carbonyl (C=O) groups excluding carboxylic acids is 1. The highest BCUT2D eigenvalue weighted by molar-refractivity contribution is 6.30. The zero-order chi connectivity index (χ0) is 15.0. The first-order valence-corrected chi connectivity index (χ1v) is 7.36. The Morgan fingerprint density at radius 2 is 2.05 bits per heavy atom. The second kappa shape index (κ2) is 8.93. The molecule has 1 rings (SSSR count). The van der Waals surface area contributed by atoms with Crippen LogP contribution in [0.1, 0.15) is 50.6 Å². The second-order valence-corrected chi connectivity index (χ2v) is 5.32. The molecule has 0 spiro atoms. The van der Waals surface area contributed by atoms with Crippen LogP contribution in [-0.4, -0.2) is 12.5 Å². The summed E-state index contributed by atoms with van der Waals surface area (Å²) in [6.45, 7) is 2.56. The molecule has 3 nitrogen and oxygen atoms in total. The Morgan fingerprint density at radius 3 is 2.70 bits per heavy atom. The number of rotatable bonds is 8. The Kier molecular flexibility index (Phi) is 7.55. The van der Waals surface area contributed by atoms with E-state index in [4.69, 9.17) is 17.3 Å². The van der Waals surface area contributed by atoms with E-state index in [1.54, 1.807) is 12.1 Å². The maximum absolute atomic E-state index is 13.1. The summed E-state index contributed by atoms with van der Waals surface area (Å²) in [5, 5.41) is 2.96. The van der Waals surface area contributed by atoms with E-state index in [-0.39, 0.29) is 17.0 Å². The van der Waals surface area contributed by atoms with Gasteiger partial charge in [0.2, 0.25) is 5.91 Å². The average Bonchev–Trinajstić information content (AvgIpc) is 2.41. The van der Waals surface area contributed by atoms with Crippen molar-refractivity contribution in [2.45, 2.75) is 45.1 Å². The van der Waals surface area contributed by atoms with Gasteiger partial charge in [0.15, 0.2) is 0 Å². The molecule has 1 aromatic rings. The van der Waals surface area contributed by atoms with Crippen molar-refractivity contribution < 1.29 is 9.18 Å². The van der Waals surface area contributed by atoms with Crippen molar-refractivity contribution >= 4 is 17.5 Å². The first kappa shape index (κ1) is 16.9. The molecule has 0 fully saturated rings. The van der Waals surface area contributed by atoms with Crippen LogP contribution in [0.5, 0.6) is 0 Å². The Hall–Kier alpha value is -1.13. The van der Waals surface area contributed by atoms with Gasteiger partial charge in [-0.25, -0.2) is 4.39 Å². The van der Waals surface area contributed by atoms with Gasteiger partial charge in [0.25, 0.3) is 0 Å². The molecule has 0 aromatic heterocycles. The van der Waals surface area contributed by atoms with Gasteiger partial charge in [-0.2, -0.15) is 0 Å². The van der Waals surface area contributed by atoms with E-state index in [1.807, 2.05) is 6.92 Å². The first-order chi connectivity index (χ1) is 9.54. The number of carbonyl (C=O) groups is 1. The molecule has 1 aromatic carbocycles. The van der Waals surface area contributed by atoms with E-state index in [2.05, 4.69) is 5.32 Å². The van der Waals surface area contributed by atoms with Crippen LogP contribution in [0.3, 0.4) is 0 Å². The summed E-state index contributed by atoms with van der Waals surface area (Å²) < 4.78 is 13.1. The summed E-state index contributed by atoms with van der Waals surface area (Å²) in [4.78, 5) is 11.8. The molecule has 1 atom stereocenters. The van der Waals surface area contributed by atoms with Gasteiger partial charge in [-0.15, -0.1) is 0 Å². The first-order valence-electron chi connectivity index (χ1n) is 6.99. The monoisotopic (exact) mass is 300 g/mol. The lowest BCUT2D eigenvalue weighted by atomic mass is 10.1. The van der Waals surface area contributed by atoms with Gasteiger partial charge >= 0.3 is 0 Å². The van der Waals surface area contributed by atoms with Crippen LogP contribution in [0.25, 0.3) is 0 Å². The third-order valence-electron chi connectivity index (χ3n) is 3.18. The van der Waals surface area contributed by atoms with E-state index in [1.165, 1.54) is 6.07 Å². The number of amides is 1. The number of hydrogen-bond acceptors (Lipinski definition) is 2. The fourth-order valence-electron chi connectivity index (χ4n) is 1.96. The van der Waals surface area contributed by atoms with E-state index in [9.17, 15) is 9.18 Å². The topological polar surface area (TPSA) is 55.1 Å². The zero-order valence-electron chi connectivity index (χ0n) is 11.8. The van der Waals surface area contributed by atoms with Gasteiger partial charge in [0, 0.05) is 6.42 Å². The Bertz CT molecular complexity index is 440. The van der Waals surface area contributed by atoms with Crippen molar-refractivity contribution in [1.82, 2.24) is 5.32 Å². The summed E-state index contributed by atoms with van der Waals surface area (Å²) >= 11 is 5.73. The molecule has 5 heteroatoms. The van der Waals surface area contributed by atoms with Crippen LogP contribution in [0.15, 0.2) is 18.2 Å². The number of benzene rings is 1. The molecule has 0 heterocycles. The molecular formula is C15H22ClFN2O. The average molecular weight is 301 g/mol. The third-order valence-corrected chi connectivity index (χ3v) is 3.47. The van der Waals surface area contributed by atoms with Crippen LogP contribution < -0.4 is 11.1 Å². The lowest BCUT2D eigenvalue weighted by molar-refractivity contribution is -0.121. The predicted octanol–water partition coefficient (Wildman–Crippen LogP) is 3.57. The molecule has 3 N–H and O–H groups in total. The molecule has 0 aliphatic heterocycles. The molecule has 0 aliphatic rings. The number of nitrogens with one attached hydrogen (secondary N) is 1. The minimum atomic E-state index is -0.450. The smallest absolute Gasteiger partial charge is 0.220 e. The van der Waals surface area contributed by atoms with Crippen molar-refractivity contribution in [3.8, 4) is 0 Å². The van der Waals surface area contributed by atoms with E-state index in [0.717, 1.165) is 31.2 Å². The molecule has 0 saturated carbocycles. The van der Waals surface area contributed by atoms with E-state index < -0.39 is 5.82 Å². The fraction of sp³-hybridized carbons (Fsp3) is 0.533. The minimum Gasteiger partial charge on any atom is -0.350 e. The van der Waals surface area contributed by atoms with Crippen molar-refractivity contribution in [1.29, 1.82) is 0 Å². The van der Waals surface area contributed by atoms with Gasteiger partial charge < -0.3 is 11.1 Å². The van der Waals surface area contributed by atoms with E-state index >= 15 is 0 Å². The molecule has 0 radical (unpaired) electrons. The summed E-state index contributed by atoms with van der Waals surface area (Å²) in [6, 6.07) is 4.31. The Labute approximate surface area is 124 Å². The lowest BCUT2D eigenvalue weighted by Gasteiger charge is -2.14. The second-order valence-electron chi connectivity index (χ2n) is 4.92. The zero-order valence-corrected chi connectivity index (χ0v) is 12.5. The highest BCUT2D eigenvalue weighted by atomic mass is 35.5. The van der Waals surface area contributed by atoms with Crippen molar-refractivity contribution in [3.63, 3.8) is 0 Å². The molecule has 1 amide bonds. The third kappa shape index (κ3) is 5.88. The maximum atomic E-state index is 13.1. The van der Waals surface area contributed by atoms with Gasteiger partial charge in [-0.05, 0) is 44.0 Å². The van der Waals surface area contributed by atoms with Gasteiger partial charge in [-0.3, -0.25) is 4.79 Å². The molecular weight excluding hydrogens is 279 g/mol. The summed E-state index contributed by atoms with van der Waals surface area (Å²) in [6.07, 6.45) is 4.45. The van der Waals surface area contributed by atoms with Crippen LogP contribution in [0.2, 0.25) is 5.02 Å². The van der Waals surface area contributed by atoms with Gasteiger partial charge in [0.1, 0.15) is 5.82 Å². The van der Waals surface area contributed by atoms with Crippen LogP contribution in [0, 0.1) is 5.82 Å². The van der Waals surface area contributed by atoms with Crippen molar-refractivity contribution in [2.75, 3.05) is 6.54 Å². The SMILES string of the molecule is CC(NC(=O)CCCCCCN)c1ccc(F)c(Cl)c1. The molecule has 20 heavy (non-hydrogen) atoms. The summed E-state index contributed by atoms with van der Waals surface area (Å²) in [5.41, 5.74) is 6.21. The number of nitrogens with two attached hydrogens (primary N) is 1. The fourth-order valence-corrected chi connectivity index (χ4v) is 2.15. The molecule has 0 aliphatic carbocycles. The van der Waals surface area contributed by atoms with Crippen LogP contribution in [-0.2, 0) is 4.79 Å². The molecule has 0 saturated heterocycles. The lowest BCUT2D eigenvalue weighted by Crippen LogP contribution is -2.26. The number of halogens is 2. The van der Waals surface area contributed by atoms with E-state index in [0.29, 0.717) is 13.0 Å². The minimum absolute atomic E-state index is 0.00527. The number of unbranched alkanes of at least 4 members (excludes halogenated alkanes) is 3. The Morgan fingerprint density at radius 1 is 1.35 bits per heavy atom. The highest BCUT2D eigenvalue weighted by Crippen LogP contribution is 2.20. The normalized spacial score (nSPS) is 12.2. The maximum Gasteiger partial charge on any atom is 0.220 e. The van der Waals surface area contributed by atoms with Gasteiger partial charge in [-0.1, -0.05) is 30.5 Å². The molecule has 0 bridgehead atoms. The largest absolute Gasteiger partial charge is 0.350 e. The quantitative estimate of drug-likeness (QED) is 0.721. The predicted molar refractivity (Wildman–Crippen MR) is 80.1 cm³/mol. The van der Waals surface area contributed by atoms with Crippen molar-refractivity contribution in [3.05, 3.63) is 34.6 Å². The highest BCUT2D eigenvalue weighted by Gasteiger charge is 2.11. The number of hydrogen-bond donors (Lipinski definition) is 2.